The quantitative estimate of drug-likeness (QED) is 0.814. The molecule has 1 aromatic rings. The lowest BCUT2D eigenvalue weighted by Gasteiger charge is -2.06. The Morgan fingerprint density at radius 3 is 2.47 bits per heavy atom. The molecule has 1 aromatic carbocycles. The first-order chi connectivity index (χ1) is 8.19. The zero-order valence-corrected chi connectivity index (χ0v) is 9.48. The van der Waals surface area contributed by atoms with Crippen molar-refractivity contribution in [1.29, 1.82) is 0 Å². The Morgan fingerprint density at radius 1 is 1.29 bits per heavy atom. The smallest absolute Gasteiger partial charge is 0.229 e. The van der Waals surface area contributed by atoms with Gasteiger partial charge in [0.05, 0.1) is 0 Å². The molecule has 0 aliphatic heterocycles. The monoisotopic (exact) mass is 255 g/mol. The largest absolute Gasteiger partial charge is 0.460 e. The molecule has 1 N–H and O–H groups in total. The molecule has 0 heterocycles. The van der Waals surface area contributed by atoms with Crippen molar-refractivity contribution in [2.75, 3.05) is 20.3 Å². The van der Waals surface area contributed by atoms with Crippen molar-refractivity contribution in [2.24, 2.45) is 0 Å². The Kier molecular flexibility index (Phi) is 9.14. The number of hydrogen-bond acceptors (Lipinski definition) is 2. The van der Waals surface area contributed by atoms with Crippen molar-refractivity contribution in [3.8, 4) is 5.75 Å². The minimum atomic E-state index is -1.75. The van der Waals surface area contributed by atoms with E-state index in [4.69, 9.17) is 0 Å². The molecule has 1 rings (SSSR count). The van der Waals surface area contributed by atoms with E-state index in [1.54, 1.807) is 6.07 Å². The van der Waals surface area contributed by atoms with Gasteiger partial charge in [-0.15, -0.1) is 0 Å². The van der Waals surface area contributed by atoms with Crippen molar-refractivity contribution < 1.29 is 23.7 Å². The molecule has 0 aliphatic rings. The van der Waals surface area contributed by atoms with Gasteiger partial charge < -0.3 is 10.1 Å². The number of alkyl halides is 3. The summed E-state index contributed by atoms with van der Waals surface area (Å²) in [6.07, 6.45) is 0. The Balaban J connectivity index is 0. The zero-order valence-electron chi connectivity index (χ0n) is 9.48. The van der Waals surface area contributed by atoms with Crippen LogP contribution < -0.4 is 10.1 Å². The normalized spacial score (nSPS) is 9.47. The first kappa shape index (κ1) is 15.7. The maximum Gasteiger partial charge on any atom is 0.229 e. The molecular formula is C11H17F4NO. The predicted octanol–water partition coefficient (Wildman–Crippen LogP) is 3.37. The van der Waals surface area contributed by atoms with E-state index in [-0.39, 0.29) is 7.18 Å². The summed E-state index contributed by atoms with van der Waals surface area (Å²) < 4.78 is 48.5. The van der Waals surface area contributed by atoms with Crippen LogP contribution in [-0.2, 0) is 6.54 Å². The summed E-state index contributed by atoms with van der Waals surface area (Å²) in [7, 11) is 0. The molecule has 0 saturated carbocycles. The van der Waals surface area contributed by atoms with E-state index in [9.17, 15) is 17.6 Å². The lowest BCUT2D eigenvalue weighted by molar-refractivity contribution is 0.184. The minimum absolute atomic E-state index is 0. The minimum Gasteiger partial charge on any atom is -0.460 e. The molecule has 0 unspecified atom stereocenters. The molecule has 100 valence electrons. The van der Waals surface area contributed by atoms with E-state index in [1.807, 2.05) is 6.92 Å². The van der Waals surface area contributed by atoms with Gasteiger partial charge in [0.25, 0.3) is 0 Å². The fraction of sp³-hybridized carbons (Fsp3) is 0.455. The molecule has 0 saturated heterocycles. The number of benzene rings is 1. The van der Waals surface area contributed by atoms with Crippen molar-refractivity contribution >= 4 is 0 Å². The van der Waals surface area contributed by atoms with Gasteiger partial charge in [-0.1, -0.05) is 13.0 Å². The Labute approximate surface area is 99.1 Å². The highest BCUT2D eigenvalue weighted by atomic mass is 19.3. The molecule has 0 bridgehead atoms. The molecule has 0 amide bonds. The summed E-state index contributed by atoms with van der Waals surface area (Å²) in [6.45, 7) is 0.667. The molecule has 2 nitrogen and oxygen atoms in total. The summed E-state index contributed by atoms with van der Waals surface area (Å²) in [6, 6.07) is 4.42. The highest BCUT2D eigenvalue weighted by Crippen LogP contribution is 2.18. The second-order valence-corrected chi connectivity index (χ2v) is 2.90. The number of hydrogen-bond donors (Lipinski definition) is 1. The fourth-order valence-electron chi connectivity index (χ4n) is 1.10. The number of halogens is 4. The van der Waals surface area contributed by atoms with Gasteiger partial charge in [-0.2, -0.15) is 0 Å². The SMILES string of the molecule is CCNCc1ccc(F)c(OCF)c1.FCF.[HH]. The second kappa shape index (κ2) is 9.89. The van der Waals surface area contributed by atoms with E-state index >= 15 is 0 Å². The third kappa shape index (κ3) is 6.78. The molecule has 0 spiro atoms. The Hall–Kier alpha value is -1.30. The third-order valence-electron chi connectivity index (χ3n) is 1.78. The molecule has 17 heavy (non-hydrogen) atoms. The highest BCUT2D eigenvalue weighted by Gasteiger charge is 2.03. The molecular weight excluding hydrogens is 238 g/mol. The van der Waals surface area contributed by atoms with Crippen LogP contribution in [0.5, 0.6) is 5.75 Å². The van der Waals surface area contributed by atoms with Crippen LogP contribution in [0.3, 0.4) is 0 Å². The molecule has 0 aromatic heterocycles. The summed E-state index contributed by atoms with van der Waals surface area (Å²) in [5.41, 5.74) is 0.872. The van der Waals surface area contributed by atoms with Crippen LogP contribution in [0.2, 0.25) is 0 Å². The fourth-order valence-corrected chi connectivity index (χ4v) is 1.10. The highest BCUT2D eigenvalue weighted by molar-refractivity contribution is 5.30. The lowest BCUT2D eigenvalue weighted by atomic mass is 10.2. The van der Waals surface area contributed by atoms with Gasteiger partial charge in [0.1, 0.15) is 0 Å². The maximum atomic E-state index is 13.0. The van der Waals surface area contributed by atoms with E-state index in [2.05, 4.69) is 10.1 Å². The van der Waals surface area contributed by atoms with Crippen LogP contribution in [0.4, 0.5) is 17.6 Å². The van der Waals surface area contributed by atoms with E-state index < -0.39 is 19.6 Å². The van der Waals surface area contributed by atoms with Crippen molar-refractivity contribution in [1.82, 2.24) is 5.32 Å². The van der Waals surface area contributed by atoms with Gasteiger partial charge in [0, 0.05) is 7.97 Å². The first-order valence-electron chi connectivity index (χ1n) is 4.99. The Bertz CT molecular complexity index is 315. The van der Waals surface area contributed by atoms with Crippen LogP contribution >= 0.6 is 0 Å². The third-order valence-corrected chi connectivity index (χ3v) is 1.78. The molecule has 6 heteroatoms. The molecule has 0 atom stereocenters. The topological polar surface area (TPSA) is 21.3 Å². The second-order valence-electron chi connectivity index (χ2n) is 2.90. The lowest BCUT2D eigenvalue weighted by Crippen LogP contribution is -2.11. The molecule has 0 fully saturated rings. The standard InChI is InChI=1S/C10H13F2NO.CH2F2.H2/c1-2-13-6-8-3-4-9(12)10(5-8)14-7-11;2-1-3;/h3-5,13H,2,6-7H2,1H3;1H2;1H. The number of rotatable bonds is 5. The molecule has 0 radical (unpaired) electrons. The van der Waals surface area contributed by atoms with Crippen molar-refractivity contribution in [3.63, 3.8) is 0 Å². The van der Waals surface area contributed by atoms with Crippen LogP contribution in [0.25, 0.3) is 0 Å². The summed E-state index contributed by atoms with van der Waals surface area (Å²) in [4.78, 5) is 0. The summed E-state index contributed by atoms with van der Waals surface area (Å²) in [5, 5.41) is 3.08. The van der Waals surface area contributed by atoms with Gasteiger partial charge in [-0.25, -0.2) is 17.6 Å². The number of nitrogens with one attached hydrogen (secondary N) is 1. The zero-order chi connectivity index (χ0) is 13.1. The van der Waals surface area contributed by atoms with Crippen LogP contribution in [0.1, 0.15) is 13.9 Å². The van der Waals surface area contributed by atoms with Gasteiger partial charge in [0.15, 0.2) is 11.6 Å². The van der Waals surface area contributed by atoms with Crippen LogP contribution in [-0.4, -0.2) is 20.3 Å². The van der Waals surface area contributed by atoms with Gasteiger partial charge in [0.2, 0.25) is 13.8 Å². The predicted molar refractivity (Wildman–Crippen MR) is 59.6 cm³/mol. The van der Waals surface area contributed by atoms with Crippen molar-refractivity contribution in [3.05, 3.63) is 29.6 Å². The van der Waals surface area contributed by atoms with Crippen LogP contribution in [0, 0.1) is 5.82 Å². The Morgan fingerprint density at radius 2 is 1.94 bits per heavy atom. The van der Waals surface area contributed by atoms with Gasteiger partial charge >= 0.3 is 0 Å². The first-order valence-corrected chi connectivity index (χ1v) is 4.99. The molecule has 0 aliphatic carbocycles. The maximum absolute atomic E-state index is 13.0. The van der Waals surface area contributed by atoms with Crippen molar-refractivity contribution in [2.45, 2.75) is 13.5 Å². The van der Waals surface area contributed by atoms with Crippen LogP contribution in [0.15, 0.2) is 18.2 Å². The van der Waals surface area contributed by atoms with E-state index in [0.29, 0.717) is 6.54 Å². The average Bonchev–Trinajstić information content (AvgIpc) is 2.31. The average molecular weight is 255 g/mol. The summed E-state index contributed by atoms with van der Waals surface area (Å²) in [5.74, 6) is -0.578. The number of ether oxygens (including phenoxy) is 1. The summed E-state index contributed by atoms with van der Waals surface area (Å²) >= 11 is 0. The van der Waals surface area contributed by atoms with Gasteiger partial charge in [-0.05, 0) is 24.2 Å². The van der Waals surface area contributed by atoms with E-state index in [1.165, 1.54) is 12.1 Å². The van der Waals surface area contributed by atoms with Gasteiger partial charge in [-0.3, -0.25) is 0 Å². The van der Waals surface area contributed by atoms with E-state index in [0.717, 1.165) is 12.1 Å².